The van der Waals surface area contributed by atoms with E-state index in [1.165, 1.54) is 48.5 Å². The Kier molecular flexibility index (Phi) is 5.41. The van der Waals surface area contributed by atoms with E-state index in [9.17, 15) is 4.79 Å². The number of ketones is 1. The minimum absolute atomic E-state index is 0.127. The highest BCUT2D eigenvalue weighted by atomic mass is 16.3. The van der Waals surface area contributed by atoms with Crippen LogP contribution in [0.2, 0.25) is 0 Å². The first-order valence-corrected chi connectivity index (χ1v) is 7.06. The molecule has 0 saturated heterocycles. The number of hydrogen-bond acceptors (Lipinski definition) is 5. The van der Waals surface area contributed by atoms with Crippen molar-refractivity contribution in [1.29, 1.82) is 0 Å². The molecule has 0 radical (unpaired) electrons. The van der Waals surface area contributed by atoms with Gasteiger partial charge >= 0.3 is 0 Å². The Morgan fingerprint density at radius 3 is 0.917 bits per heavy atom. The number of benzene rings is 3. The van der Waals surface area contributed by atoms with Gasteiger partial charge < -0.3 is 20.4 Å². The molecule has 0 heterocycles. The topological polar surface area (TPSA) is 98.0 Å². The van der Waals surface area contributed by atoms with E-state index in [-0.39, 0.29) is 28.8 Å². The van der Waals surface area contributed by atoms with Crippen molar-refractivity contribution >= 4 is 5.78 Å². The van der Waals surface area contributed by atoms with Crippen molar-refractivity contribution in [3.8, 4) is 23.0 Å². The molecule has 0 fully saturated rings. The van der Waals surface area contributed by atoms with Crippen LogP contribution in [0.25, 0.3) is 0 Å². The minimum Gasteiger partial charge on any atom is -0.508 e. The number of carbonyl (C=O) groups is 1. The van der Waals surface area contributed by atoms with Gasteiger partial charge in [-0.1, -0.05) is 0 Å². The molecule has 0 unspecified atom stereocenters. The summed E-state index contributed by atoms with van der Waals surface area (Å²) in [5, 5.41) is 35.5. The van der Waals surface area contributed by atoms with E-state index in [0.29, 0.717) is 11.1 Å². The molecule has 0 aliphatic heterocycles. The molecule has 0 spiro atoms. The van der Waals surface area contributed by atoms with Gasteiger partial charge in [-0.05, 0) is 72.8 Å². The molecule has 24 heavy (non-hydrogen) atoms. The fourth-order valence-corrected chi connectivity index (χ4v) is 1.84. The van der Waals surface area contributed by atoms with Crippen LogP contribution < -0.4 is 0 Å². The Balaban J connectivity index is 0.000000219. The predicted molar refractivity (Wildman–Crippen MR) is 89.4 cm³/mol. The van der Waals surface area contributed by atoms with Crippen molar-refractivity contribution in [2.45, 2.75) is 0 Å². The fourth-order valence-electron chi connectivity index (χ4n) is 1.84. The molecule has 0 atom stereocenters. The van der Waals surface area contributed by atoms with Gasteiger partial charge in [0.05, 0.1) is 0 Å². The molecular formula is C19H16O5. The summed E-state index contributed by atoms with van der Waals surface area (Å²) in [6, 6.07) is 17.8. The average Bonchev–Trinajstić information content (AvgIpc) is 2.59. The van der Waals surface area contributed by atoms with E-state index in [1.807, 2.05) is 0 Å². The molecular weight excluding hydrogens is 308 g/mol. The van der Waals surface area contributed by atoms with E-state index in [2.05, 4.69) is 0 Å². The van der Waals surface area contributed by atoms with Gasteiger partial charge in [0.2, 0.25) is 0 Å². The largest absolute Gasteiger partial charge is 0.508 e. The Bertz CT molecular complexity index is 722. The van der Waals surface area contributed by atoms with Crippen LogP contribution in [0.5, 0.6) is 23.0 Å². The molecule has 0 amide bonds. The summed E-state index contributed by atoms with van der Waals surface area (Å²) >= 11 is 0. The lowest BCUT2D eigenvalue weighted by atomic mass is 10.0. The molecule has 4 N–H and O–H groups in total. The molecule has 3 aromatic carbocycles. The summed E-state index contributed by atoms with van der Waals surface area (Å²) in [5.74, 6) is 0.454. The molecule has 5 nitrogen and oxygen atoms in total. The van der Waals surface area contributed by atoms with Gasteiger partial charge in [-0.2, -0.15) is 0 Å². The normalized spacial score (nSPS) is 9.67. The second-order valence-electron chi connectivity index (χ2n) is 4.94. The average molecular weight is 324 g/mol. The lowest BCUT2D eigenvalue weighted by Gasteiger charge is -2.01. The van der Waals surface area contributed by atoms with Crippen molar-refractivity contribution < 1.29 is 25.2 Å². The van der Waals surface area contributed by atoms with Crippen LogP contribution in [0, 0.1) is 0 Å². The molecule has 3 aromatic rings. The van der Waals surface area contributed by atoms with Crippen LogP contribution in [0.4, 0.5) is 0 Å². The van der Waals surface area contributed by atoms with Crippen LogP contribution in [0.3, 0.4) is 0 Å². The van der Waals surface area contributed by atoms with Gasteiger partial charge in [-0.3, -0.25) is 4.79 Å². The molecule has 0 aromatic heterocycles. The quantitative estimate of drug-likeness (QED) is 0.428. The highest BCUT2D eigenvalue weighted by molar-refractivity contribution is 6.09. The lowest BCUT2D eigenvalue weighted by molar-refractivity contribution is 0.103. The van der Waals surface area contributed by atoms with Crippen LogP contribution in [-0.2, 0) is 0 Å². The third-order valence-corrected chi connectivity index (χ3v) is 3.11. The van der Waals surface area contributed by atoms with Crippen molar-refractivity contribution in [3.05, 3.63) is 83.9 Å². The molecule has 122 valence electrons. The van der Waals surface area contributed by atoms with E-state index < -0.39 is 0 Å². The summed E-state index contributed by atoms with van der Waals surface area (Å²) in [7, 11) is 0. The Labute approximate surface area is 138 Å². The first-order chi connectivity index (χ1) is 11.5. The highest BCUT2D eigenvalue weighted by Crippen LogP contribution is 2.16. The summed E-state index contributed by atoms with van der Waals surface area (Å²) in [6.07, 6.45) is 0. The van der Waals surface area contributed by atoms with E-state index in [1.54, 1.807) is 24.3 Å². The third-order valence-electron chi connectivity index (χ3n) is 3.11. The Hall–Kier alpha value is -3.47. The van der Waals surface area contributed by atoms with Gasteiger partial charge in [-0.25, -0.2) is 0 Å². The fraction of sp³-hybridized carbons (Fsp3) is 0. The van der Waals surface area contributed by atoms with E-state index >= 15 is 0 Å². The smallest absolute Gasteiger partial charge is 0.193 e. The first-order valence-electron chi connectivity index (χ1n) is 7.06. The number of phenols is 4. The summed E-state index contributed by atoms with van der Waals surface area (Å²) in [6.45, 7) is 0. The van der Waals surface area contributed by atoms with Crippen LogP contribution in [0.15, 0.2) is 72.8 Å². The molecule has 3 rings (SSSR count). The SMILES string of the molecule is O=C(c1ccc(O)cc1)c1ccc(O)cc1.Oc1ccc(O)cc1. The monoisotopic (exact) mass is 324 g/mol. The van der Waals surface area contributed by atoms with Gasteiger partial charge in [-0.15, -0.1) is 0 Å². The highest BCUT2D eigenvalue weighted by Gasteiger charge is 2.08. The standard InChI is InChI=1S/C13H10O3.C6H6O2/c14-11-5-1-9(2-6-11)13(16)10-3-7-12(15)8-4-10;7-5-1-2-6(8)4-3-5/h1-8,14-15H;1-4,7-8H. The Morgan fingerprint density at radius 1 is 0.458 bits per heavy atom. The molecule has 0 aliphatic carbocycles. The molecule has 0 aliphatic rings. The minimum atomic E-state index is -0.139. The van der Waals surface area contributed by atoms with E-state index in [0.717, 1.165) is 0 Å². The van der Waals surface area contributed by atoms with E-state index in [4.69, 9.17) is 20.4 Å². The number of aromatic hydroxyl groups is 4. The number of phenolic OH excluding ortho intramolecular Hbond substituents is 4. The van der Waals surface area contributed by atoms with Crippen LogP contribution in [-0.4, -0.2) is 26.2 Å². The predicted octanol–water partition coefficient (Wildman–Crippen LogP) is 3.43. The number of hydrogen-bond donors (Lipinski definition) is 4. The van der Waals surface area contributed by atoms with Crippen molar-refractivity contribution in [2.75, 3.05) is 0 Å². The van der Waals surface area contributed by atoms with Crippen molar-refractivity contribution in [3.63, 3.8) is 0 Å². The summed E-state index contributed by atoms with van der Waals surface area (Å²) in [5.41, 5.74) is 1.01. The maximum Gasteiger partial charge on any atom is 0.193 e. The van der Waals surface area contributed by atoms with Crippen molar-refractivity contribution in [1.82, 2.24) is 0 Å². The van der Waals surface area contributed by atoms with Crippen LogP contribution in [0.1, 0.15) is 15.9 Å². The first kappa shape index (κ1) is 16.9. The lowest BCUT2D eigenvalue weighted by Crippen LogP contribution is -2.00. The number of carbonyl (C=O) groups excluding carboxylic acids is 1. The Morgan fingerprint density at radius 2 is 0.667 bits per heavy atom. The second kappa shape index (κ2) is 7.69. The van der Waals surface area contributed by atoms with Gasteiger partial charge in [0.15, 0.2) is 5.78 Å². The van der Waals surface area contributed by atoms with Gasteiger partial charge in [0, 0.05) is 11.1 Å². The van der Waals surface area contributed by atoms with Crippen molar-refractivity contribution in [2.24, 2.45) is 0 Å². The third kappa shape index (κ3) is 4.78. The zero-order valence-electron chi connectivity index (χ0n) is 12.6. The maximum atomic E-state index is 11.9. The maximum absolute atomic E-state index is 11.9. The second-order valence-corrected chi connectivity index (χ2v) is 4.94. The molecule has 5 heteroatoms. The van der Waals surface area contributed by atoms with Crippen LogP contribution >= 0.6 is 0 Å². The zero-order chi connectivity index (χ0) is 17.5. The molecule has 0 saturated carbocycles. The summed E-state index contributed by atoms with van der Waals surface area (Å²) in [4.78, 5) is 11.9. The van der Waals surface area contributed by atoms with Gasteiger partial charge in [0.1, 0.15) is 23.0 Å². The molecule has 0 bridgehead atoms. The zero-order valence-corrected chi connectivity index (χ0v) is 12.6. The number of rotatable bonds is 2. The summed E-state index contributed by atoms with van der Waals surface area (Å²) < 4.78 is 0. The van der Waals surface area contributed by atoms with Gasteiger partial charge in [0.25, 0.3) is 0 Å².